The number of nitrogens with zero attached hydrogens (tertiary/aromatic N) is 3. The van der Waals surface area contributed by atoms with Gasteiger partial charge in [-0.2, -0.15) is 17.6 Å². The van der Waals surface area contributed by atoms with E-state index in [0.717, 1.165) is 62.3 Å². The van der Waals surface area contributed by atoms with Gasteiger partial charge in [0.05, 0.1) is 24.0 Å². The summed E-state index contributed by atoms with van der Waals surface area (Å²) in [6.45, 7) is 15.2. The minimum Gasteiger partial charge on any atom is -0.741 e. The van der Waals surface area contributed by atoms with Gasteiger partial charge in [0.25, 0.3) is 0 Å². The fraction of sp³-hybridized carbons (Fsp3) is 0.438. The Morgan fingerprint density at radius 3 is 2.29 bits per heavy atom. The van der Waals surface area contributed by atoms with E-state index in [1.165, 1.54) is 12.0 Å². The highest BCUT2D eigenvalue weighted by molar-refractivity contribution is 9.10. The van der Waals surface area contributed by atoms with E-state index < -0.39 is 15.6 Å². The van der Waals surface area contributed by atoms with Crippen molar-refractivity contribution in [1.82, 2.24) is 4.40 Å². The van der Waals surface area contributed by atoms with Gasteiger partial charge in [-0.1, -0.05) is 27.3 Å². The van der Waals surface area contributed by atoms with E-state index in [4.69, 9.17) is 22.4 Å². The topological polar surface area (TPSA) is 116 Å². The van der Waals surface area contributed by atoms with Crippen LogP contribution in [0.15, 0.2) is 46.9 Å². The van der Waals surface area contributed by atoms with Crippen molar-refractivity contribution in [1.29, 1.82) is 0 Å². The summed E-state index contributed by atoms with van der Waals surface area (Å²) in [5.41, 5.74) is -0.447. The first-order valence-electron chi connectivity index (χ1n) is 15.1. The molecule has 262 valence electrons. The minimum absolute atomic E-state index is 0.213. The minimum atomic E-state index is -6.09. The summed E-state index contributed by atoms with van der Waals surface area (Å²) < 4.78 is 76.2. The number of esters is 1. The molecule has 0 saturated heterocycles. The van der Waals surface area contributed by atoms with Crippen molar-refractivity contribution in [3.8, 4) is 28.3 Å². The van der Waals surface area contributed by atoms with Crippen LogP contribution in [0, 0.1) is 6.92 Å². The predicted octanol–water partition coefficient (Wildman–Crippen LogP) is 7.30. The van der Waals surface area contributed by atoms with Gasteiger partial charge in [0.1, 0.15) is 18.4 Å². The monoisotopic (exact) mass is 774 g/mol. The number of nitrogens with one attached hydrogen (secondary N) is 1. The maximum atomic E-state index is 12.7. The fourth-order valence-corrected chi connectivity index (χ4v) is 6.93. The zero-order chi connectivity index (χ0) is 35.8. The fourth-order valence-electron chi connectivity index (χ4n) is 5.47. The van der Waals surface area contributed by atoms with Crippen molar-refractivity contribution in [2.45, 2.75) is 65.1 Å². The maximum Gasteiger partial charge on any atom is 0.485 e. The van der Waals surface area contributed by atoms with Crippen molar-refractivity contribution in [2.24, 2.45) is 0 Å². The molecule has 1 N–H and O–H groups in total. The average Bonchev–Trinajstić information content (AvgIpc) is 3.41. The van der Waals surface area contributed by atoms with Crippen LogP contribution in [0.2, 0.25) is 0 Å². The molecule has 10 nitrogen and oxygen atoms in total. The number of anilines is 2. The number of imidazole rings is 1. The Morgan fingerprint density at radius 1 is 1.17 bits per heavy atom. The molecule has 0 radical (unpaired) electrons. The van der Waals surface area contributed by atoms with Crippen LogP contribution in [0.3, 0.4) is 0 Å². The first-order chi connectivity index (χ1) is 22.3. The Labute approximate surface area is 290 Å². The number of hydrogen-bond acceptors (Lipinski definition) is 9. The molecule has 2 aromatic heterocycles. The number of ether oxygens (including phenoxy) is 2. The van der Waals surface area contributed by atoms with Crippen LogP contribution in [0.5, 0.6) is 5.75 Å². The smallest absolute Gasteiger partial charge is 0.485 e. The van der Waals surface area contributed by atoms with Crippen LogP contribution in [0.1, 0.15) is 52.0 Å². The van der Waals surface area contributed by atoms with Crippen LogP contribution in [0.4, 0.5) is 24.7 Å². The van der Waals surface area contributed by atoms with Gasteiger partial charge in [-0.25, -0.2) is 13.0 Å². The Morgan fingerprint density at radius 2 is 1.77 bits per heavy atom. The lowest BCUT2D eigenvalue weighted by Crippen LogP contribution is -2.43. The number of thiazole rings is 1. The quantitative estimate of drug-likeness (QED) is 0.0901. The summed E-state index contributed by atoms with van der Waals surface area (Å²) in [5, 5.41) is 3.84. The molecule has 5 rings (SSSR count). The molecule has 0 spiro atoms. The van der Waals surface area contributed by atoms with Crippen molar-refractivity contribution < 1.29 is 45.0 Å². The second-order valence-electron chi connectivity index (χ2n) is 12.1. The zero-order valence-electron chi connectivity index (χ0n) is 27.6. The Kier molecular flexibility index (Phi) is 11.1. The molecule has 0 fully saturated rings. The molecular weight excluding hydrogens is 737 g/mol. The average molecular weight is 776 g/mol. The summed E-state index contributed by atoms with van der Waals surface area (Å²) in [4.78, 5) is 17.2. The molecule has 1 atom stereocenters. The highest BCUT2D eigenvalue weighted by atomic mass is 79.9. The number of carbonyl (C=O) groups excluding carboxylic acids is 1. The van der Waals surface area contributed by atoms with E-state index in [2.05, 4.69) is 119 Å². The van der Waals surface area contributed by atoms with Crippen molar-refractivity contribution in [3.63, 3.8) is 0 Å². The molecule has 2 aromatic carbocycles. The highest BCUT2D eigenvalue weighted by Gasteiger charge is 2.42. The zero-order valence-corrected chi connectivity index (χ0v) is 30.8. The van der Waals surface area contributed by atoms with Crippen molar-refractivity contribution in [2.75, 3.05) is 37.0 Å². The van der Waals surface area contributed by atoms with Crippen LogP contribution < -0.4 is 19.5 Å². The number of alkyl halides is 3. The molecule has 0 bridgehead atoms. The van der Waals surface area contributed by atoms with E-state index in [1.54, 1.807) is 11.3 Å². The molecular formula is C32H38BrF3N4O6S2. The SMILES string of the molecule is CCN(CC)c1ccc2c(c1)OCC(CC(=O)OC)[n+]1c-2c(NC(C)(C)C)n2c(-c3ccc(Br)cc3)c(C)sc21.O=S(=O)([O-])C(F)(F)F. The molecule has 0 amide bonds. The van der Waals surface area contributed by atoms with E-state index in [-0.39, 0.29) is 24.0 Å². The van der Waals surface area contributed by atoms with E-state index in [0.29, 0.717) is 6.61 Å². The Hall–Kier alpha value is -3.34. The molecule has 0 saturated carbocycles. The number of aromatic nitrogens is 2. The first-order valence-corrected chi connectivity index (χ1v) is 18.1. The second-order valence-corrected chi connectivity index (χ2v) is 15.5. The van der Waals surface area contributed by atoms with E-state index >= 15 is 0 Å². The van der Waals surface area contributed by atoms with Crippen LogP contribution in [-0.4, -0.2) is 61.2 Å². The van der Waals surface area contributed by atoms with Crippen LogP contribution in [0.25, 0.3) is 27.5 Å². The predicted molar refractivity (Wildman–Crippen MR) is 183 cm³/mol. The summed E-state index contributed by atoms with van der Waals surface area (Å²) in [6.07, 6.45) is 0.213. The number of methoxy groups -OCH3 is 1. The highest BCUT2D eigenvalue weighted by Crippen LogP contribution is 2.44. The molecule has 1 aliphatic rings. The van der Waals surface area contributed by atoms with Gasteiger partial charge < -0.3 is 24.2 Å². The molecule has 1 unspecified atom stereocenters. The standard InChI is InChI=1S/C31H38BrN4O3S.CHF3O3S/c1-8-34(9-2)22-14-15-24-25(16-22)39-18-23(17-26(37)38-7)35-28(24)29(33-31(4,5)6)36-27(19(3)40-30(35)36)20-10-12-21(32)13-11-20;2-1(3,4)8(5,6)7/h10-16,23,33H,8-9,17-18H2,1-7H3;(H,5,6,7)/q+1;/p-1. The lowest BCUT2D eigenvalue weighted by atomic mass is 10.1. The number of fused-ring (bicyclic) bond motifs is 5. The number of halogens is 4. The summed E-state index contributed by atoms with van der Waals surface area (Å²) in [6, 6.07) is 14.7. The van der Waals surface area contributed by atoms with Gasteiger partial charge in [-0.05, 0) is 77.9 Å². The molecule has 3 heterocycles. The third kappa shape index (κ3) is 7.92. The van der Waals surface area contributed by atoms with E-state index in [9.17, 15) is 18.0 Å². The second kappa shape index (κ2) is 14.3. The van der Waals surface area contributed by atoms with Gasteiger partial charge >= 0.3 is 16.4 Å². The summed E-state index contributed by atoms with van der Waals surface area (Å²) in [7, 11) is -4.65. The first kappa shape index (κ1) is 37.5. The molecule has 48 heavy (non-hydrogen) atoms. The summed E-state index contributed by atoms with van der Waals surface area (Å²) >= 11 is 5.32. The largest absolute Gasteiger partial charge is 0.741 e. The maximum absolute atomic E-state index is 12.7. The number of benzene rings is 2. The van der Waals surface area contributed by atoms with Crippen LogP contribution in [-0.2, 0) is 19.6 Å². The van der Waals surface area contributed by atoms with Gasteiger partial charge in [0.15, 0.2) is 15.8 Å². The normalized spacial score (nSPS) is 14.6. The Balaban J connectivity index is 0.000000579. The third-order valence-corrected chi connectivity index (χ3v) is 9.71. The van der Waals surface area contributed by atoms with Gasteiger partial charge in [0.2, 0.25) is 11.5 Å². The van der Waals surface area contributed by atoms with Gasteiger partial charge in [-0.3, -0.25) is 4.79 Å². The summed E-state index contributed by atoms with van der Waals surface area (Å²) in [5.74, 6) is 1.55. The molecule has 4 aromatic rings. The van der Waals surface area contributed by atoms with Gasteiger partial charge in [-0.15, -0.1) is 0 Å². The van der Waals surface area contributed by atoms with Crippen molar-refractivity contribution in [3.05, 3.63) is 51.8 Å². The molecule has 0 aliphatic carbocycles. The van der Waals surface area contributed by atoms with Crippen LogP contribution >= 0.6 is 27.3 Å². The third-order valence-electron chi connectivity index (χ3n) is 7.56. The van der Waals surface area contributed by atoms with Gasteiger partial charge in [0, 0.05) is 40.4 Å². The number of hydrogen-bond donors (Lipinski definition) is 1. The van der Waals surface area contributed by atoms with E-state index in [1.807, 2.05) is 0 Å². The molecule has 1 aliphatic heterocycles. The number of carbonyl (C=O) groups is 1. The number of aryl methyl sites for hydroxylation is 1. The lowest BCUT2D eigenvalue weighted by molar-refractivity contribution is -0.684. The Bertz CT molecular complexity index is 1900. The number of rotatable bonds is 7. The molecule has 16 heteroatoms. The lowest BCUT2D eigenvalue weighted by Gasteiger charge is -2.23. The van der Waals surface area contributed by atoms with Crippen molar-refractivity contribution >= 4 is 59.8 Å².